The molecule has 7 nitrogen and oxygen atoms in total. The number of benzene rings is 2. The first-order chi connectivity index (χ1) is 14.0. The third kappa shape index (κ3) is 5.10. The van der Waals surface area contributed by atoms with E-state index in [0.29, 0.717) is 29.7 Å². The van der Waals surface area contributed by atoms with E-state index >= 15 is 0 Å². The van der Waals surface area contributed by atoms with Crippen LogP contribution in [-0.4, -0.2) is 28.5 Å². The number of amides is 1. The molecule has 29 heavy (non-hydrogen) atoms. The Kier molecular flexibility index (Phi) is 6.08. The van der Waals surface area contributed by atoms with Gasteiger partial charge in [-0.25, -0.2) is 23.5 Å². The molecule has 0 fully saturated rings. The number of carbonyl (C=O) groups excluding carboxylic acids is 2. The summed E-state index contributed by atoms with van der Waals surface area (Å²) in [5, 5.41) is 5.28. The van der Waals surface area contributed by atoms with E-state index in [1.54, 1.807) is 31.2 Å². The quantitative estimate of drug-likeness (QED) is 0.611. The van der Waals surface area contributed by atoms with Gasteiger partial charge in [0.25, 0.3) is 5.91 Å². The Hall–Kier alpha value is -3.88. The maximum atomic E-state index is 13.6. The molecule has 0 saturated heterocycles. The summed E-state index contributed by atoms with van der Waals surface area (Å²) >= 11 is 0. The average Bonchev–Trinajstić information content (AvgIpc) is 2.71. The minimum Gasteiger partial charge on any atom is -0.462 e. The molecule has 3 rings (SSSR count). The van der Waals surface area contributed by atoms with Crippen LogP contribution in [0.25, 0.3) is 0 Å². The second kappa shape index (κ2) is 8.87. The van der Waals surface area contributed by atoms with Crippen LogP contribution in [0.1, 0.15) is 27.8 Å². The number of esters is 1. The van der Waals surface area contributed by atoms with Gasteiger partial charge in [0.1, 0.15) is 23.1 Å². The van der Waals surface area contributed by atoms with Crippen molar-refractivity contribution >= 4 is 29.1 Å². The van der Waals surface area contributed by atoms with Gasteiger partial charge in [-0.3, -0.25) is 4.79 Å². The third-order valence-electron chi connectivity index (χ3n) is 3.73. The molecule has 0 aliphatic rings. The van der Waals surface area contributed by atoms with Crippen LogP contribution in [-0.2, 0) is 4.74 Å². The second-order valence-corrected chi connectivity index (χ2v) is 5.79. The van der Waals surface area contributed by atoms with Crippen LogP contribution < -0.4 is 10.6 Å². The first-order valence-corrected chi connectivity index (χ1v) is 8.59. The van der Waals surface area contributed by atoms with Crippen LogP contribution in [0.4, 0.5) is 26.0 Å². The van der Waals surface area contributed by atoms with Crippen LogP contribution in [0.2, 0.25) is 0 Å². The fourth-order valence-corrected chi connectivity index (χ4v) is 2.34. The molecule has 0 aliphatic heterocycles. The fourth-order valence-electron chi connectivity index (χ4n) is 2.34. The SMILES string of the molecule is CCOC(=O)c1ccc(Nc2cnc(C(=O)Nc3ccc(F)cc3F)cn2)cc1. The largest absolute Gasteiger partial charge is 0.462 e. The highest BCUT2D eigenvalue weighted by molar-refractivity contribution is 6.02. The van der Waals surface area contributed by atoms with Crippen LogP contribution >= 0.6 is 0 Å². The van der Waals surface area contributed by atoms with Gasteiger partial charge >= 0.3 is 5.97 Å². The molecule has 0 unspecified atom stereocenters. The normalized spacial score (nSPS) is 10.3. The average molecular weight is 398 g/mol. The van der Waals surface area contributed by atoms with Crippen LogP contribution in [0, 0.1) is 11.6 Å². The number of nitrogens with one attached hydrogen (secondary N) is 2. The van der Waals surface area contributed by atoms with Gasteiger partial charge < -0.3 is 15.4 Å². The number of anilines is 3. The predicted octanol–water partition coefficient (Wildman–Crippen LogP) is 3.93. The van der Waals surface area contributed by atoms with Gasteiger partial charge in [-0.2, -0.15) is 0 Å². The van der Waals surface area contributed by atoms with Gasteiger partial charge in [0.15, 0.2) is 0 Å². The maximum Gasteiger partial charge on any atom is 0.338 e. The molecule has 1 amide bonds. The van der Waals surface area contributed by atoms with E-state index in [4.69, 9.17) is 4.74 Å². The molecular weight excluding hydrogens is 382 g/mol. The van der Waals surface area contributed by atoms with E-state index in [-0.39, 0.29) is 11.4 Å². The number of carbonyl (C=O) groups is 2. The fraction of sp³-hybridized carbons (Fsp3) is 0.100. The summed E-state index contributed by atoms with van der Waals surface area (Å²) in [6.07, 6.45) is 2.54. The van der Waals surface area contributed by atoms with Crippen molar-refractivity contribution in [1.82, 2.24) is 9.97 Å². The van der Waals surface area contributed by atoms with Crippen molar-refractivity contribution < 1.29 is 23.1 Å². The van der Waals surface area contributed by atoms with Crippen molar-refractivity contribution in [2.45, 2.75) is 6.92 Å². The van der Waals surface area contributed by atoms with Crippen LogP contribution in [0.3, 0.4) is 0 Å². The number of halogens is 2. The first-order valence-electron chi connectivity index (χ1n) is 8.59. The van der Waals surface area contributed by atoms with Crippen LogP contribution in [0.15, 0.2) is 54.9 Å². The molecule has 0 radical (unpaired) electrons. The number of hydrogen-bond donors (Lipinski definition) is 2. The van der Waals surface area contributed by atoms with Gasteiger partial charge in [-0.05, 0) is 43.3 Å². The molecular formula is C20H16F2N4O3. The number of aromatic nitrogens is 2. The van der Waals surface area contributed by atoms with Gasteiger partial charge in [0.2, 0.25) is 0 Å². The minimum atomic E-state index is -0.893. The molecule has 2 N–H and O–H groups in total. The molecule has 0 aliphatic carbocycles. The molecule has 1 heterocycles. The zero-order valence-electron chi connectivity index (χ0n) is 15.3. The highest BCUT2D eigenvalue weighted by atomic mass is 19.1. The van der Waals surface area contributed by atoms with E-state index in [0.717, 1.165) is 12.1 Å². The topological polar surface area (TPSA) is 93.2 Å². The second-order valence-electron chi connectivity index (χ2n) is 5.79. The Morgan fingerprint density at radius 2 is 1.79 bits per heavy atom. The number of ether oxygens (including phenoxy) is 1. The molecule has 1 aromatic heterocycles. The Morgan fingerprint density at radius 3 is 2.41 bits per heavy atom. The zero-order chi connectivity index (χ0) is 20.8. The molecule has 0 spiro atoms. The summed E-state index contributed by atoms with van der Waals surface area (Å²) in [6.45, 7) is 2.02. The molecule has 0 saturated carbocycles. The summed E-state index contributed by atoms with van der Waals surface area (Å²) in [6, 6.07) is 9.37. The Balaban J connectivity index is 1.63. The van der Waals surface area contributed by atoms with Crippen molar-refractivity contribution in [3.63, 3.8) is 0 Å². The van der Waals surface area contributed by atoms with Crippen molar-refractivity contribution in [2.75, 3.05) is 17.2 Å². The Labute approximate surface area is 164 Å². The van der Waals surface area contributed by atoms with Crippen molar-refractivity contribution in [3.05, 3.63) is 77.8 Å². The molecule has 0 bridgehead atoms. The standard InChI is InChI=1S/C20H16F2N4O3/c1-2-29-20(28)12-3-6-14(7-4-12)25-18-11-23-17(10-24-18)19(27)26-16-8-5-13(21)9-15(16)22/h3-11H,2H2,1H3,(H,24,25)(H,26,27). The molecule has 9 heteroatoms. The smallest absolute Gasteiger partial charge is 0.338 e. The Bertz CT molecular complexity index is 1020. The maximum absolute atomic E-state index is 13.6. The molecule has 3 aromatic rings. The molecule has 2 aromatic carbocycles. The lowest BCUT2D eigenvalue weighted by Gasteiger charge is -2.08. The monoisotopic (exact) mass is 398 g/mol. The van der Waals surface area contributed by atoms with E-state index in [1.165, 1.54) is 12.4 Å². The van der Waals surface area contributed by atoms with Gasteiger partial charge in [0.05, 0.1) is 30.3 Å². The number of hydrogen-bond acceptors (Lipinski definition) is 6. The summed E-state index contributed by atoms with van der Waals surface area (Å²) < 4.78 is 31.5. The van der Waals surface area contributed by atoms with E-state index in [2.05, 4.69) is 20.6 Å². The van der Waals surface area contributed by atoms with E-state index in [1.807, 2.05) is 0 Å². The van der Waals surface area contributed by atoms with Gasteiger partial charge in [-0.1, -0.05) is 0 Å². The van der Waals surface area contributed by atoms with E-state index < -0.39 is 23.5 Å². The highest BCUT2D eigenvalue weighted by Gasteiger charge is 2.12. The summed E-state index contributed by atoms with van der Waals surface area (Å²) in [7, 11) is 0. The highest BCUT2D eigenvalue weighted by Crippen LogP contribution is 2.17. The first kappa shape index (κ1) is 19.9. The molecule has 148 valence electrons. The lowest BCUT2D eigenvalue weighted by molar-refractivity contribution is 0.0526. The number of rotatable bonds is 6. The third-order valence-corrected chi connectivity index (χ3v) is 3.73. The predicted molar refractivity (Wildman–Crippen MR) is 102 cm³/mol. The lowest BCUT2D eigenvalue weighted by Crippen LogP contribution is -2.15. The Morgan fingerprint density at radius 1 is 1.03 bits per heavy atom. The zero-order valence-corrected chi connectivity index (χ0v) is 15.3. The number of nitrogens with zero attached hydrogens (tertiary/aromatic N) is 2. The van der Waals surface area contributed by atoms with Crippen molar-refractivity contribution in [1.29, 1.82) is 0 Å². The molecule has 0 atom stereocenters. The van der Waals surface area contributed by atoms with E-state index in [9.17, 15) is 18.4 Å². The van der Waals surface area contributed by atoms with Crippen molar-refractivity contribution in [3.8, 4) is 0 Å². The van der Waals surface area contributed by atoms with Gasteiger partial charge in [0, 0.05) is 11.8 Å². The minimum absolute atomic E-state index is 0.0445. The summed E-state index contributed by atoms with van der Waals surface area (Å²) in [4.78, 5) is 31.8. The lowest BCUT2D eigenvalue weighted by atomic mass is 10.2. The van der Waals surface area contributed by atoms with Crippen LogP contribution in [0.5, 0.6) is 0 Å². The van der Waals surface area contributed by atoms with Crippen molar-refractivity contribution in [2.24, 2.45) is 0 Å². The van der Waals surface area contributed by atoms with Gasteiger partial charge in [-0.15, -0.1) is 0 Å². The summed E-state index contributed by atoms with van der Waals surface area (Å²) in [5.74, 6) is -2.37. The summed E-state index contributed by atoms with van der Waals surface area (Å²) in [5.41, 5.74) is 0.862.